The fourth-order valence-electron chi connectivity index (χ4n) is 1.22. The minimum Gasteiger partial charge on any atom is -0.811 e. The number of hydrogen-bond acceptors (Lipinski definition) is 2. The number of hydrogen-bond donors (Lipinski definition) is 1. The molecule has 0 aliphatic rings. The SMILES string of the molecule is C=C/C=C(\C=C)COC(=O)NCCCCC(C)=[N-].[CH3-].[W+2]. The molecule has 4 nitrogen and oxygen atoms in total. The van der Waals surface area contributed by atoms with Gasteiger partial charge in [0.15, 0.2) is 0 Å². The summed E-state index contributed by atoms with van der Waals surface area (Å²) in [7, 11) is 0. The van der Waals surface area contributed by atoms with E-state index in [1.165, 1.54) is 0 Å². The molecule has 0 aromatic carbocycles. The molecule has 0 radical (unpaired) electrons. The van der Waals surface area contributed by atoms with E-state index >= 15 is 0 Å². The van der Waals surface area contributed by atoms with Gasteiger partial charge in [0.05, 0.1) is 0 Å². The molecule has 0 rings (SSSR count). The molecule has 0 spiro atoms. The fraction of sp³-hybridized carbons (Fsp3) is 0.400. The number of carbonyl (C=O) groups excluding carboxylic acids is 1. The molecular formula is C15H24N2O2W. The summed E-state index contributed by atoms with van der Waals surface area (Å²) in [4.78, 5) is 11.3. The summed E-state index contributed by atoms with van der Waals surface area (Å²) in [6, 6.07) is 0. The van der Waals surface area contributed by atoms with Gasteiger partial charge in [-0.15, -0.1) is 0 Å². The first kappa shape index (κ1) is 23.9. The first-order chi connectivity index (χ1) is 8.60. The number of allylic oxidation sites excluding steroid dienone is 2. The third-order valence-corrected chi connectivity index (χ3v) is 2.20. The Kier molecular flexibility index (Phi) is 19.0. The Balaban J connectivity index is -0.00000144. The van der Waals surface area contributed by atoms with Crippen molar-refractivity contribution < 1.29 is 30.6 Å². The van der Waals surface area contributed by atoms with Crippen LogP contribution in [0.25, 0.3) is 5.41 Å². The van der Waals surface area contributed by atoms with E-state index in [2.05, 4.69) is 18.5 Å². The first-order valence-electron chi connectivity index (χ1n) is 5.96. The topological polar surface area (TPSA) is 60.6 Å². The van der Waals surface area contributed by atoms with Crippen molar-refractivity contribution in [2.75, 3.05) is 13.2 Å². The van der Waals surface area contributed by atoms with Crippen molar-refractivity contribution >= 4 is 11.8 Å². The van der Waals surface area contributed by atoms with Crippen LogP contribution in [0.5, 0.6) is 0 Å². The van der Waals surface area contributed by atoms with Crippen LogP contribution in [0.3, 0.4) is 0 Å². The maximum Gasteiger partial charge on any atom is 2.00 e. The Morgan fingerprint density at radius 1 is 1.35 bits per heavy atom. The van der Waals surface area contributed by atoms with Gasteiger partial charge in [0, 0.05) is 6.54 Å². The van der Waals surface area contributed by atoms with Crippen LogP contribution in [-0.2, 0) is 25.8 Å². The van der Waals surface area contributed by atoms with Gasteiger partial charge in [0.1, 0.15) is 6.61 Å². The standard InChI is InChI=1S/C14H21N2O2.CH3.W/c1-4-8-13(5-2)11-18-14(17)16-10-7-6-9-12(3)15;;/h4-5,8H,1-2,6-7,9-11H2,3H3,(H,16,17);1H3;/q2*-1;+2/b13-8+;;. The summed E-state index contributed by atoms with van der Waals surface area (Å²) in [6.07, 6.45) is 6.85. The van der Waals surface area contributed by atoms with Gasteiger partial charge in [-0.05, 0) is 18.4 Å². The Hall–Kier alpha value is -1.15. The van der Waals surface area contributed by atoms with Crippen molar-refractivity contribution in [1.82, 2.24) is 5.32 Å². The second-order valence-corrected chi connectivity index (χ2v) is 3.88. The van der Waals surface area contributed by atoms with Crippen LogP contribution in [0.15, 0.2) is 37.0 Å². The number of nitrogens with one attached hydrogen (secondary N) is 1. The minimum absolute atomic E-state index is 0. The van der Waals surface area contributed by atoms with Gasteiger partial charge in [-0.1, -0.05) is 44.7 Å². The monoisotopic (exact) mass is 448 g/mol. The quantitative estimate of drug-likeness (QED) is 0.253. The molecule has 0 heterocycles. The molecule has 0 saturated carbocycles. The zero-order valence-electron chi connectivity index (χ0n) is 12.4. The predicted octanol–water partition coefficient (Wildman–Crippen LogP) is 3.66. The van der Waals surface area contributed by atoms with Gasteiger partial charge >= 0.3 is 27.2 Å². The van der Waals surface area contributed by atoms with Crippen LogP contribution >= 0.6 is 0 Å². The van der Waals surface area contributed by atoms with Crippen LogP contribution in [-0.4, -0.2) is 25.0 Å². The van der Waals surface area contributed by atoms with Crippen molar-refractivity contribution in [3.63, 3.8) is 0 Å². The molecule has 0 fully saturated rings. The van der Waals surface area contributed by atoms with E-state index in [4.69, 9.17) is 10.1 Å². The second-order valence-electron chi connectivity index (χ2n) is 3.88. The number of ether oxygens (including phenoxy) is 1. The number of alkyl carbamates (subject to hydrolysis) is 1. The molecule has 20 heavy (non-hydrogen) atoms. The molecule has 0 saturated heterocycles. The summed E-state index contributed by atoms with van der Waals surface area (Å²) >= 11 is 0. The van der Waals surface area contributed by atoms with E-state index in [1.54, 1.807) is 25.2 Å². The van der Waals surface area contributed by atoms with Gasteiger partial charge in [0.2, 0.25) is 0 Å². The van der Waals surface area contributed by atoms with Crippen LogP contribution < -0.4 is 5.32 Å². The molecule has 0 unspecified atom stereocenters. The van der Waals surface area contributed by atoms with Crippen molar-refractivity contribution in [3.8, 4) is 0 Å². The zero-order valence-corrected chi connectivity index (χ0v) is 15.3. The van der Waals surface area contributed by atoms with Crippen molar-refractivity contribution in [2.24, 2.45) is 0 Å². The van der Waals surface area contributed by atoms with Crippen LogP contribution in [0.2, 0.25) is 0 Å². The molecule has 0 bridgehead atoms. The van der Waals surface area contributed by atoms with Crippen molar-refractivity contribution in [1.29, 1.82) is 0 Å². The Morgan fingerprint density at radius 3 is 2.50 bits per heavy atom. The first-order valence-corrected chi connectivity index (χ1v) is 5.96. The van der Waals surface area contributed by atoms with Gasteiger partial charge < -0.3 is 22.9 Å². The van der Waals surface area contributed by atoms with Crippen LogP contribution in [0.1, 0.15) is 26.2 Å². The van der Waals surface area contributed by atoms with Gasteiger partial charge in [-0.25, -0.2) is 10.5 Å². The Labute approximate surface area is 137 Å². The summed E-state index contributed by atoms with van der Waals surface area (Å²) in [5, 5.41) is 11.6. The molecule has 1 amide bonds. The number of amides is 1. The van der Waals surface area contributed by atoms with E-state index in [9.17, 15) is 4.79 Å². The average Bonchev–Trinajstić information content (AvgIpc) is 2.33. The van der Waals surface area contributed by atoms with E-state index < -0.39 is 6.09 Å². The molecule has 0 aliphatic heterocycles. The maximum absolute atomic E-state index is 11.3. The zero-order chi connectivity index (χ0) is 13.8. The smallest absolute Gasteiger partial charge is 0.811 e. The third kappa shape index (κ3) is 14.9. The minimum atomic E-state index is -0.448. The fourth-order valence-corrected chi connectivity index (χ4v) is 1.22. The normalized spacial score (nSPS) is 9.55. The summed E-state index contributed by atoms with van der Waals surface area (Å²) < 4.78 is 4.98. The molecule has 5 heteroatoms. The third-order valence-electron chi connectivity index (χ3n) is 2.20. The number of rotatable bonds is 9. The van der Waals surface area contributed by atoms with Gasteiger partial charge in [-0.2, -0.15) is 0 Å². The van der Waals surface area contributed by atoms with Gasteiger partial charge in [0.25, 0.3) is 0 Å². The van der Waals surface area contributed by atoms with E-state index in [0.29, 0.717) is 18.7 Å². The molecule has 112 valence electrons. The molecular weight excluding hydrogens is 424 g/mol. The van der Waals surface area contributed by atoms with E-state index in [0.717, 1.165) is 18.4 Å². The average molecular weight is 448 g/mol. The summed E-state index contributed by atoms with van der Waals surface area (Å²) in [5.41, 5.74) is 1.22. The van der Waals surface area contributed by atoms with Crippen LogP contribution in [0, 0.1) is 7.43 Å². The number of carbonyl (C=O) groups is 1. The Morgan fingerprint density at radius 2 is 2.00 bits per heavy atom. The molecule has 0 aromatic heterocycles. The van der Waals surface area contributed by atoms with Crippen LogP contribution in [0.4, 0.5) is 4.79 Å². The molecule has 1 N–H and O–H groups in total. The molecule has 0 aliphatic carbocycles. The Bertz CT molecular complexity index is 339. The second kappa shape index (κ2) is 15.9. The molecule has 0 aromatic rings. The van der Waals surface area contributed by atoms with Crippen molar-refractivity contribution in [2.45, 2.75) is 26.2 Å². The number of nitrogens with zero attached hydrogens (tertiary/aromatic N) is 1. The predicted molar refractivity (Wildman–Crippen MR) is 82.1 cm³/mol. The maximum atomic E-state index is 11.3. The number of unbranched alkanes of at least 4 members (excludes halogenated alkanes) is 1. The van der Waals surface area contributed by atoms with E-state index in [1.807, 2.05) is 0 Å². The summed E-state index contributed by atoms with van der Waals surface area (Å²) in [6.45, 7) is 9.56. The van der Waals surface area contributed by atoms with Gasteiger partial charge in [-0.3, -0.25) is 0 Å². The molecule has 0 atom stereocenters. The summed E-state index contributed by atoms with van der Waals surface area (Å²) in [5.74, 6) is 0. The van der Waals surface area contributed by atoms with E-state index in [-0.39, 0.29) is 35.1 Å². The van der Waals surface area contributed by atoms with Crippen molar-refractivity contribution in [3.05, 3.63) is 49.8 Å². The largest absolute Gasteiger partial charge is 2.00 e.